The van der Waals surface area contributed by atoms with Crippen LogP contribution >= 0.6 is 0 Å². The summed E-state index contributed by atoms with van der Waals surface area (Å²) in [4.78, 5) is 9.18. The standard InChI is InChI=1S/C12H15FN2O4S/c1-12(6-3-7-12)8-14-20(18,19)10-5-2-4-9(13)11(10)15(16)17/h2,4-5,14H,3,6-8H2,1H3. The highest BCUT2D eigenvalue weighted by Gasteiger charge is 2.35. The fourth-order valence-electron chi connectivity index (χ4n) is 2.19. The number of nitro groups is 1. The second kappa shape index (κ2) is 5.10. The summed E-state index contributed by atoms with van der Waals surface area (Å²) in [6.45, 7) is 2.14. The number of nitrogens with zero attached hydrogens (tertiary/aromatic N) is 1. The van der Waals surface area contributed by atoms with E-state index in [1.165, 1.54) is 0 Å². The molecule has 0 aliphatic heterocycles. The predicted octanol–water partition coefficient (Wildman–Crippen LogP) is 2.20. The Hall–Kier alpha value is -1.54. The van der Waals surface area contributed by atoms with Crippen molar-refractivity contribution in [3.63, 3.8) is 0 Å². The van der Waals surface area contributed by atoms with Gasteiger partial charge in [0.15, 0.2) is 4.90 Å². The predicted molar refractivity (Wildman–Crippen MR) is 70.2 cm³/mol. The molecule has 0 radical (unpaired) electrons. The Kier molecular flexibility index (Phi) is 3.79. The third kappa shape index (κ3) is 2.80. The van der Waals surface area contributed by atoms with Crippen molar-refractivity contribution in [1.29, 1.82) is 0 Å². The maximum atomic E-state index is 13.4. The third-order valence-corrected chi connectivity index (χ3v) is 5.10. The van der Waals surface area contributed by atoms with Crippen molar-refractivity contribution in [2.75, 3.05) is 6.54 Å². The van der Waals surface area contributed by atoms with E-state index in [9.17, 15) is 22.9 Å². The van der Waals surface area contributed by atoms with Crippen LogP contribution in [0.2, 0.25) is 0 Å². The molecular formula is C12H15FN2O4S. The monoisotopic (exact) mass is 302 g/mol. The van der Waals surface area contributed by atoms with Crippen LogP contribution in [0.5, 0.6) is 0 Å². The van der Waals surface area contributed by atoms with Crippen molar-refractivity contribution >= 4 is 15.7 Å². The Bertz CT molecular complexity index is 641. The largest absolute Gasteiger partial charge is 0.324 e. The molecule has 1 fully saturated rings. The van der Waals surface area contributed by atoms with E-state index < -0.39 is 31.3 Å². The van der Waals surface area contributed by atoms with Crippen LogP contribution in [0.4, 0.5) is 10.1 Å². The molecular weight excluding hydrogens is 287 g/mol. The summed E-state index contributed by atoms with van der Waals surface area (Å²) in [6.07, 6.45) is 2.85. The Balaban J connectivity index is 2.30. The average molecular weight is 302 g/mol. The molecule has 0 saturated heterocycles. The molecule has 1 aliphatic carbocycles. The van der Waals surface area contributed by atoms with E-state index >= 15 is 0 Å². The van der Waals surface area contributed by atoms with Gasteiger partial charge < -0.3 is 0 Å². The molecule has 1 aromatic rings. The Morgan fingerprint density at radius 3 is 2.60 bits per heavy atom. The minimum Gasteiger partial charge on any atom is -0.258 e. The van der Waals surface area contributed by atoms with Gasteiger partial charge in [0, 0.05) is 6.54 Å². The molecule has 1 aromatic carbocycles. The highest BCUT2D eigenvalue weighted by atomic mass is 32.2. The van der Waals surface area contributed by atoms with Crippen molar-refractivity contribution in [3.8, 4) is 0 Å². The number of para-hydroxylation sites is 1. The maximum absolute atomic E-state index is 13.4. The molecule has 0 aromatic heterocycles. The maximum Gasteiger partial charge on any atom is 0.324 e. The second-order valence-electron chi connectivity index (χ2n) is 5.33. The summed E-state index contributed by atoms with van der Waals surface area (Å²) >= 11 is 0. The van der Waals surface area contributed by atoms with E-state index in [0.717, 1.165) is 37.5 Å². The first-order valence-corrected chi connectivity index (χ1v) is 7.66. The lowest BCUT2D eigenvalue weighted by Crippen LogP contribution is -2.40. The fourth-order valence-corrected chi connectivity index (χ4v) is 3.57. The van der Waals surface area contributed by atoms with Crippen molar-refractivity contribution in [2.45, 2.75) is 31.1 Å². The number of nitro benzene ring substituents is 1. The lowest BCUT2D eigenvalue weighted by atomic mass is 9.71. The van der Waals surface area contributed by atoms with Gasteiger partial charge in [-0.1, -0.05) is 19.4 Å². The minimum absolute atomic E-state index is 0.116. The van der Waals surface area contributed by atoms with Gasteiger partial charge in [-0.25, -0.2) is 13.1 Å². The van der Waals surface area contributed by atoms with Crippen LogP contribution in [0.15, 0.2) is 23.1 Å². The van der Waals surface area contributed by atoms with Crippen LogP contribution in [-0.4, -0.2) is 19.9 Å². The van der Waals surface area contributed by atoms with Gasteiger partial charge in [0.05, 0.1) is 4.92 Å². The lowest BCUT2D eigenvalue weighted by Gasteiger charge is -2.38. The molecule has 2 rings (SSSR count). The van der Waals surface area contributed by atoms with E-state index in [1.54, 1.807) is 0 Å². The SMILES string of the molecule is CC1(CNS(=O)(=O)c2cccc(F)c2[N+](=O)[O-])CCC1. The normalized spacial score (nSPS) is 17.5. The smallest absolute Gasteiger partial charge is 0.258 e. The zero-order valence-electron chi connectivity index (χ0n) is 10.9. The van der Waals surface area contributed by atoms with Gasteiger partial charge >= 0.3 is 5.69 Å². The van der Waals surface area contributed by atoms with Gasteiger partial charge in [-0.15, -0.1) is 0 Å². The van der Waals surface area contributed by atoms with Crippen LogP contribution in [0, 0.1) is 21.3 Å². The van der Waals surface area contributed by atoms with Gasteiger partial charge in [0.2, 0.25) is 15.8 Å². The van der Waals surface area contributed by atoms with Gasteiger partial charge in [-0.3, -0.25) is 10.1 Å². The Labute approximate surface area is 116 Å². The van der Waals surface area contributed by atoms with Crippen molar-refractivity contribution in [2.24, 2.45) is 5.41 Å². The summed E-state index contributed by atoms with van der Waals surface area (Å²) in [7, 11) is -4.10. The first-order chi connectivity index (χ1) is 9.25. The van der Waals surface area contributed by atoms with Crippen LogP contribution in [0.25, 0.3) is 0 Å². The van der Waals surface area contributed by atoms with Gasteiger partial charge in [0.1, 0.15) is 0 Å². The van der Waals surface area contributed by atoms with E-state index in [0.29, 0.717) is 0 Å². The van der Waals surface area contributed by atoms with Crippen molar-refractivity contribution in [3.05, 3.63) is 34.1 Å². The fraction of sp³-hybridized carbons (Fsp3) is 0.500. The summed E-state index contributed by atoms with van der Waals surface area (Å²) in [6, 6.07) is 3.04. The van der Waals surface area contributed by atoms with Crippen molar-refractivity contribution < 1.29 is 17.7 Å². The highest BCUT2D eigenvalue weighted by molar-refractivity contribution is 7.89. The van der Waals surface area contributed by atoms with E-state index in [1.807, 2.05) is 6.92 Å². The van der Waals surface area contributed by atoms with Gasteiger partial charge in [-0.2, -0.15) is 4.39 Å². The quantitative estimate of drug-likeness (QED) is 0.667. The molecule has 1 N–H and O–H groups in total. The topological polar surface area (TPSA) is 89.3 Å². The molecule has 0 amide bonds. The number of hydrogen-bond donors (Lipinski definition) is 1. The van der Waals surface area contributed by atoms with Crippen molar-refractivity contribution in [1.82, 2.24) is 4.72 Å². The summed E-state index contributed by atoms with van der Waals surface area (Å²) in [5.74, 6) is -1.16. The number of halogens is 1. The number of benzene rings is 1. The molecule has 0 heterocycles. The molecule has 0 atom stereocenters. The van der Waals surface area contributed by atoms with Gasteiger partial charge in [0.25, 0.3) is 0 Å². The van der Waals surface area contributed by atoms with Gasteiger partial charge in [-0.05, 0) is 30.4 Å². The van der Waals surface area contributed by atoms with Crippen LogP contribution in [0.1, 0.15) is 26.2 Å². The molecule has 0 spiro atoms. The molecule has 1 aliphatic rings. The minimum atomic E-state index is -4.10. The Morgan fingerprint density at radius 1 is 1.45 bits per heavy atom. The highest BCUT2D eigenvalue weighted by Crippen LogP contribution is 2.39. The molecule has 110 valence electrons. The molecule has 20 heavy (non-hydrogen) atoms. The van der Waals surface area contributed by atoms with Crippen LogP contribution in [-0.2, 0) is 10.0 Å². The first-order valence-electron chi connectivity index (χ1n) is 6.18. The third-order valence-electron chi connectivity index (χ3n) is 3.67. The van der Waals surface area contributed by atoms with Crippen LogP contribution in [0.3, 0.4) is 0 Å². The average Bonchev–Trinajstić information content (AvgIpc) is 2.33. The zero-order chi connectivity index (χ0) is 15.0. The molecule has 1 saturated carbocycles. The molecule has 6 nitrogen and oxygen atoms in total. The first kappa shape index (κ1) is 14.9. The van der Waals surface area contributed by atoms with E-state index in [2.05, 4.69) is 4.72 Å². The Morgan fingerprint density at radius 2 is 2.10 bits per heavy atom. The molecule has 0 unspecified atom stereocenters. The second-order valence-corrected chi connectivity index (χ2v) is 7.07. The summed E-state index contributed by atoms with van der Waals surface area (Å²) in [5, 5.41) is 10.8. The van der Waals surface area contributed by atoms with E-state index in [-0.39, 0.29) is 12.0 Å². The zero-order valence-corrected chi connectivity index (χ0v) is 11.7. The number of sulfonamides is 1. The molecule has 8 heteroatoms. The summed E-state index contributed by atoms with van der Waals surface area (Å²) < 4.78 is 40.0. The van der Waals surface area contributed by atoms with E-state index in [4.69, 9.17) is 0 Å². The van der Waals surface area contributed by atoms with Crippen LogP contribution < -0.4 is 4.72 Å². The summed E-state index contributed by atoms with van der Waals surface area (Å²) in [5.41, 5.74) is -1.13. The number of nitrogens with one attached hydrogen (secondary N) is 1. The number of hydrogen-bond acceptors (Lipinski definition) is 4. The number of rotatable bonds is 5. The molecule has 0 bridgehead atoms. The lowest BCUT2D eigenvalue weighted by molar-refractivity contribution is -0.390.